The number of halogens is 4. The zero-order valence-corrected chi connectivity index (χ0v) is 15.9. The van der Waals surface area contributed by atoms with E-state index in [0.717, 1.165) is 18.9 Å². The molecule has 28 heavy (non-hydrogen) atoms. The van der Waals surface area contributed by atoms with Crippen molar-refractivity contribution in [3.05, 3.63) is 63.9 Å². The second kappa shape index (κ2) is 7.39. The lowest BCUT2D eigenvalue weighted by molar-refractivity contribution is -0.137. The molecule has 3 nitrogen and oxygen atoms in total. The van der Waals surface area contributed by atoms with Gasteiger partial charge in [-0.2, -0.15) is 13.2 Å². The number of carbonyl (C=O) groups is 1. The highest BCUT2D eigenvalue weighted by Crippen LogP contribution is 2.41. The van der Waals surface area contributed by atoms with Gasteiger partial charge in [0.25, 0.3) is 0 Å². The van der Waals surface area contributed by atoms with Gasteiger partial charge in [0.15, 0.2) is 0 Å². The average Bonchev–Trinajstić information content (AvgIpc) is 3.42. The van der Waals surface area contributed by atoms with E-state index in [-0.39, 0.29) is 22.9 Å². The monoisotopic (exact) mass is 408 g/mol. The number of amides is 1. The van der Waals surface area contributed by atoms with Crippen molar-refractivity contribution < 1.29 is 18.0 Å². The lowest BCUT2D eigenvalue weighted by Gasteiger charge is -2.22. The minimum absolute atomic E-state index is 0.0205. The molecular formula is C21H20ClF3N2O. The molecule has 0 bridgehead atoms. The minimum atomic E-state index is -4.53. The lowest BCUT2D eigenvalue weighted by Crippen LogP contribution is -2.27. The topological polar surface area (TPSA) is 42.0 Å². The molecule has 0 spiro atoms. The summed E-state index contributed by atoms with van der Waals surface area (Å²) in [7, 11) is 0. The summed E-state index contributed by atoms with van der Waals surface area (Å²) in [4.78, 5) is 16.1. The number of aromatic nitrogens is 1. The van der Waals surface area contributed by atoms with E-state index in [1.54, 1.807) is 6.07 Å². The van der Waals surface area contributed by atoms with Gasteiger partial charge in [-0.25, -0.2) is 0 Å². The zero-order chi connectivity index (χ0) is 19.9. The quantitative estimate of drug-likeness (QED) is 0.716. The van der Waals surface area contributed by atoms with Crippen molar-refractivity contribution in [1.29, 1.82) is 0 Å². The van der Waals surface area contributed by atoms with Crippen LogP contribution in [0, 0.1) is 0 Å². The van der Waals surface area contributed by atoms with Crippen molar-refractivity contribution in [3.63, 3.8) is 0 Å². The van der Waals surface area contributed by atoms with Gasteiger partial charge in [-0.1, -0.05) is 23.7 Å². The molecule has 1 aliphatic carbocycles. The Labute approximate surface area is 166 Å². The van der Waals surface area contributed by atoms with Crippen molar-refractivity contribution in [2.45, 2.75) is 56.2 Å². The summed E-state index contributed by atoms with van der Waals surface area (Å²) < 4.78 is 40.0. The van der Waals surface area contributed by atoms with E-state index in [9.17, 15) is 18.0 Å². The van der Waals surface area contributed by atoms with Crippen LogP contribution >= 0.6 is 11.6 Å². The Morgan fingerprint density at radius 1 is 1.18 bits per heavy atom. The van der Waals surface area contributed by atoms with Crippen LogP contribution in [0.3, 0.4) is 0 Å². The molecule has 1 aromatic heterocycles. The van der Waals surface area contributed by atoms with Crippen molar-refractivity contribution in [2.24, 2.45) is 0 Å². The molecule has 2 aliphatic rings. The summed E-state index contributed by atoms with van der Waals surface area (Å²) in [6, 6.07) is 7.86. The number of benzene rings is 1. The number of nitrogens with zero attached hydrogens (tertiary/aromatic N) is 1. The predicted octanol–water partition coefficient (Wildman–Crippen LogP) is 5.43. The van der Waals surface area contributed by atoms with Gasteiger partial charge in [0.1, 0.15) is 0 Å². The molecule has 7 heteroatoms. The second-order valence-electron chi connectivity index (χ2n) is 7.62. The molecule has 2 fully saturated rings. The van der Waals surface area contributed by atoms with E-state index in [1.807, 2.05) is 18.3 Å². The van der Waals surface area contributed by atoms with E-state index in [4.69, 9.17) is 11.6 Å². The standard InChI is InChI=1S/C21H20ClF3N2O/c22-18-6-3-13(9-17(18)21(23,24)25)16(10-15-5-8-20(28)27-15)19-7-4-14(11-26-19)12-1-2-12/h3-4,6-7,9,11-12,15-16H,1-2,5,8,10H2,(H,27,28)/t15-,16?/m1/s1. The van der Waals surface area contributed by atoms with Crippen LogP contribution in [0.25, 0.3) is 0 Å². The highest BCUT2D eigenvalue weighted by atomic mass is 35.5. The van der Waals surface area contributed by atoms with E-state index in [0.29, 0.717) is 36.4 Å². The van der Waals surface area contributed by atoms with E-state index in [1.165, 1.54) is 11.6 Å². The third kappa shape index (κ3) is 4.17. The highest BCUT2D eigenvalue weighted by molar-refractivity contribution is 6.31. The Morgan fingerprint density at radius 3 is 2.54 bits per heavy atom. The van der Waals surface area contributed by atoms with Gasteiger partial charge < -0.3 is 5.32 Å². The van der Waals surface area contributed by atoms with Crippen LogP contribution in [-0.4, -0.2) is 16.9 Å². The molecule has 1 saturated carbocycles. The SMILES string of the molecule is O=C1CC[C@H](CC(c2ccc(Cl)c(C(F)(F)F)c2)c2ccc(C3CC3)cn2)N1. The van der Waals surface area contributed by atoms with Crippen molar-refractivity contribution in [3.8, 4) is 0 Å². The smallest absolute Gasteiger partial charge is 0.353 e. The molecule has 148 valence electrons. The Balaban J connectivity index is 1.68. The maximum atomic E-state index is 13.3. The van der Waals surface area contributed by atoms with Crippen LogP contribution < -0.4 is 5.32 Å². The Morgan fingerprint density at radius 2 is 1.96 bits per heavy atom. The third-order valence-corrected chi connectivity index (χ3v) is 5.85. The number of hydrogen-bond donors (Lipinski definition) is 1. The molecule has 1 unspecified atom stereocenters. The molecule has 1 aliphatic heterocycles. The number of carbonyl (C=O) groups excluding carboxylic acids is 1. The molecule has 4 rings (SSSR count). The number of rotatable bonds is 5. The molecule has 2 aromatic rings. The van der Waals surface area contributed by atoms with Gasteiger partial charge in [-0.15, -0.1) is 0 Å². The van der Waals surface area contributed by atoms with Gasteiger partial charge in [0.05, 0.1) is 10.6 Å². The van der Waals surface area contributed by atoms with Gasteiger partial charge >= 0.3 is 6.18 Å². The third-order valence-electron chi connectivity index (χ3n) is 5.52. The molecule has 2 atom stereocenters. The first-order chi connectivity index (χ1) is 13.3. The Bertz CT molecular complexity index is 878. The van der Waals surface area contributed by atoms with Gasteiger partial charge in [0, 0.05) is 30.3 Å². The average molecular weight is 409 g/mol. The molecule has 1 N–H and O–H groups in total. The van der Waals surface area contributed by atoms with Crippen LogP contribution in [0.4, 0.5) is 13.2 Å². The second-order valence-corrected chi connectivity index (χ2v) is 8.03. The molecule has 2 heterocycles. The summed E-state index contributed by atoms with van der Waals surface area (Å²) >= 11 is 5.79. The van der Waals surface area contributed by atoms with Crippen molar-refractivity contribution >= 4 is 17.5 Å². The van der Waals surface area contributed by atoms with Gasteiger partial charge in [0.2, 0.25) is 5.91 Å². The van der Waals surface area contributed by atoms with Crippen LogP contribution in [0.15, 0.2) is 36.5 Å². The number of pyridine rings is 1. The van der Waals surface area contributed by atoms with Crippen molar-refractivity contribution in [1.82, 2.24) is 10.3 Å². The Hall–Kier alpha value is -2.08. The lowest BCUT2D eigenvalue weighted by atomic mass is 9.87. The molecule has 1 saturated heterocycles. The summed E-state index contributed by atoms with van der Waals surface area (Å²) in [5, 5.41) is 2.59. The highest BCUT2D eigenvalue weighted by Gasteiger charge is 2.35. The van der Waals surface area contributed by atoms with E-state index < -0.39 is 11.7 Å². The Kier molecular flexibility index (Phi) is 5.08. The van der Waals surface area contributed by atoms with Crippen molar-refractivity contribution in [2.75, 3.05) is 0 Å². The van der Waals surface area contributed by atoms with Gasteiger partial charge in [-0.05, 0) is 60.9 Å². The maximum Gasteiger partial charge on any atom is 0.417 e. The first-order valence-electron chi connectivity index (χ1n) is 9.43. The molecule has 1 aromatic carbocycles. The largest absolute Gasteiger partial charge is 0.417 e. The summed E-state index contributed by atoms with van der Waals surface area (Å²) in [6.45, 7) is 0. The summed E-state index contributed by atoms with van der Waals surface area (Å²) in [6.07, 6.45) is 1.24. The van der Waals surface area contributed by atoms with Crippen LogP contribution in [-0.2, 0) is 11.0 Å². The van der Waals surface area contributed by atoms with Crippen LogP contribution in [0.1, 0.15) is 66.3 Å². The zero-order valence-electron chi connectivity index (χ0n) is 15.1. The summed E-state index contributed by atoms with van der Waals surface area (Å²) in [5.74, 6) is 0.185. The fraction of sp³-hybridized carbons (Fsp3) is 0.429. The normalized spacial score (nSPS) is 20.9. The molecule has 1 amide bonds. The summed E-state index contributed by atoms with van der Waals surface area (Å²) in [5.41, 5.74) is 1.54. The molecular weight excluding hydrogens is 389 g/mol. The maximum absolute atomic E-state index is 13.3. The minimum Gasteiger partial charge on any atom is -0.353 e. The van der Waals surface area contributed by atoms with Crippen LogP contribution in [0.5, 0.6) is 0 Å². The number of hydrogen-bond acceptors (Lipinski definition) is 2. The van der Waals surface area contributed by atoms with E-state index >= 15 is 0 Å². The first-order valence-corrected chi connectivity index (χ1v) is 9.81. The van der Waals surface area contributed by atoms with Gasteiger partial charge in [-0.3, -0.25) is 9.78 Å². The first kappa shape index (κ1) is 19.2. The van der Waals surface area contributed by atoms with E-state index in [2.05, 4.69) is 10.3 Å². The number of nitrogens with one attached hydrogen (secondary N) is 1. The molecule has 0 radical (unpaired) electrons. The van der Waals surface area contributed by atoms with Crippen LogP contribution in [0.2, 0.25) is 5.02 Å². The predicted molar refractivity (Wildman–Crippen MR) is 100 cm³/mol. The fourth-order valence-corrected chi connectivity index (χ4v) is 4.05. The fourth-order valence-electron chi connectivity index (χ4n) is 3.82. The number of alkyl halides is 3.